The summed E-state index contributed by atoms with van der Waals surface area (Å²) in [7, 11) is -3.73. The molecule has 202 valence electrons. The molecule has 2 aromatic carbocycles. The Balaban J connectivity index is 1.60. The minimum Gasteiger partial charge on any atom is -0.471 e. The standard InChI is InChI=1S/C24H23ClF2N4O6S/c1-24(2,34)23(33)30-13-31(38(3,35)36)18-7-4-14(8-19(18)30)10-29-12-28-21(20(25)22(29)32)37-11-15-5-6-16(26)9-17(15)27/h4-9,12,34H,10-11,13H2,1-3H3. The predicted octanol–water partition coefficient (Wildman–Crippen LogP) is 2.64. The molecule has 0 saturated heterocycles. The van der Waals surface area contributed by atoms with Gasteiger partial charge in [0.15, 0.2) is 5.02 Å². The molecule has 0 bridgehead atoms. The number of anilines is 2. The Morgan fingerprint density at radius 3 is 2.53 bits per heavy atom. The first-order chi connectivity index (χ1) is 17.7. The van der Waals surface area contributed by atoms with Gasteiger partial charge >= 0.3 is 0 Å². The monoisotopic (exact) mass is 568 g/mol. The van der Waals surface area contributed by atoms with Gasteiger partial charge in [-0.15, -0.1) is 0 Å². The van der Waals surface area contributed by atoms with Crippen molar-refractivity contribution in [2.75, 3.05) is 22.1 Å². The molecule has 4 rings (SSSR count). The fraction of sp³-hybridized carbons (Fsp3) is 0.292. The molecule has 1 N–H and O–H groups in total. The summed E-state index contributed by atoms with van der Waals surface area (Å²) in [6.07, 6.45) is 2.17. The van der Waals surface area contributed by atoms with Gasteiger partial charge < -0.3 is 9.84 Å². The van der Waals surface area contributed by atoms with Crippen molar-refractivity contribution >= 4 is 38.9 Å². The molecule has 38 heavy (non-hydrogen) atoms. The van der Waals surface area contributed by atoms with E-state index in [0.717, 1.165) is 21.5 Å². The maximum atomic E-state index is 13.9. The first-order valence-corrected chi connectivity index (χ1v) is 13.4. The van der Waals surface area contributed by atoms with Crippen LogP contribution >= 0.6 is 11.6 Å². The molecule has 1 amide bonds. The Morgan fingerprint density at radius 1 is 1.18 bits per heavy atom. The fourth-order valence-corrected chi connectivity index (χ4v) is 4.86. The summed E-state index contributed by atoms with van der Waals surface area (Å²) in [5, 5.41) is 9.86. The van der Waals surface area contributed by atoms with Crippen LogP contribution in [0.2, 0.25) is 5.02 Å². The predicted molar refractivity (Wildman–Crippen MR) is 136 cm³/mol. The van der Waals surface area contributed by atoms with E-state index in [1.54, 1.807) is 6.07 Å². The Bertz CT molecular complexity index is 1590. The topological polar surface area (TPSA) is 122 Å². The van der Waals surface area contributed by atoms with Crippen LogP contribution in [0, 0.1) is 11.6 Å². The molecule has 0 atom stereocenters. The lowest BCUT2D eigenvalue weighted by molar-refractivity contribution is -0.133. The summed E-state index contributed by atoms with van der Waals surface area (Å²) in [5.74, 6) is -2.51. The first kappa shape index (κ1) is 27.5. The third-order valence-electron chi connectivity index (χ3n) is 5.72. The van der Waals surface area contributed by atoms with Gasteiger partial charge in [0, 0.05) is 11.6 Å². The first-order valence-electron chi connectivity index (χ1n) is 11.1. The third kappa shape index (κ3) is 5.49. The normalized spacial score (nSPS) is 13.6. The molecule has 0 spiro atoms. The highest BCUT2D eigenvalue weighted by Crippen LogP contribution is 2.39. The smallest absolute Gasteiger partial charge is 0.276 e. The van der Waals surface area contributed by atoms with Crippen LogP contribution < -0.4 is 19.5 Å². The van der Waals surface area contributed by atoms with Crippen molar-refractivity contribution in [2.45, 2.75) is 32.6 Å². The zero-order valence-electron chi connectivity index (χ0n) is 20.5. The second-order valence-electron chi connectivity index (χ2n) is 9.19. The van der Waals surface area contributed by atoms with Gasteiger partial charge in [-0.3, -0.25) is 19.1 Å². The number of hydrogen-bond donors (Lipinski definition) is 1. The van der Waals surface area contributed by atoms with Crippen molar-refractivity contribution in [3.05, 3.63) is 80.9 Å². The van der Waals surface area contributed by atoms with Gasteiger partial charge in [0.1, 0.15) is 36.8 Å². The Labute approximate surface area is 221 Å². The van der Waals surface area contributed by atoms with Crippen molar-refractivity contribution in [2.24, 2.45) is 0 Å². The summed E-state index contributed by atoms with van der Waals surface area (Å²) >= 11 is 6.15. The van der Waals surface area contributed by atoms with E-state index in [0.29, 0.717) is 11.6 Å². The lowest BCUT2D eigenvalue weighted by atomic mass is 10.1. The van der Waals surface area contributed by atoms with Gasteiger partial charge in [-0.2, -0.15) is 0 Å². The second kappa shape index (κ2) is 9.97. The maximum absolute atomic E-state index is 13.9. The van der Waals surface area contributed by atoms with Crippen molar-refractivity contribution in [1.29, 1.82) is 0 Å². The minimum absolute atomic E-state index is 0.0416. The molecule has 1 aliphatic heterocycles. The number of hydrogen-bond acceptors (Lipinski definition) is 7. The number of ether oxygens (including phenoxy) is 1. The lowest BCUT2D eigenvalue weighted by Crippen LogP contribution is -2.47. The van der Waals surface area contributed by atoms with Crippen LogP contribution in [0.4, 0.5) is 20.2 Å². The summed E-state index contributed by atoms with van der Waals surface area (Å²) in [6.45, 7) is 1.89. The van der Waals surface area contributed by atoms with E-state index in [4.69, 9.17) is 16.3 Å². The van der Waals surface area contributed by atoms with E-state index in [1.807, 2.05) is 0 Å². The highest BCUT2D eigenvalue weighted by Gasteiger charge is 2.40. The van der Waals surface area contributed by atoms with Gasteiger partial charge in [-0.05, 0) is 43.7 Å². The number of sulfonamides is 1. The van der Waals surface area contributed by atoms with Crippen molar-refractivity contribution in [3.63, 3.8) is 0 Å². The summed E-state index contributed by atoms with van der Waals surface area (Å²) in [5.41, 5.74) is -1.39. The third-order valence-corrected chi connectivity index (χ3v) is 7.16. The lowest BCUT2D eigenvalue weighted by Gasteiger charge is -2.25. The summed E-state index contributed by atoms with van der Waals surface area (Å²) < 4.78 is 59.1. The van der Waals surface area contributed by atoms with Gasteiger partial charge in [-0.1, -0.05) is 17.7 Å². The maximum Gasteiger partial charge on any atom is 0.276 e. The quantitative estimate of drug-likeness (QED) is 0.465. The van der Waals surface area contributed by atoms with E-state index in [1.165, 1.54) is 42.9 Å². The van der Waals surface area contributed by atoms with Crippen LogP contribution in [0.5, 0.6) is 5.88 Å². The molecular weight excluding hydrogens is 546 g/mol. The number of carbonyl (C=O) groups excluding carboxylic acids is 1. The van der Waals surface area contributed by atoms with Crippen LogP contribution in [0.15, 0.2) is 47.5 Å². The van der Waals surface area contributed by atoms with Gasteiger partial charge in [0.2, 0.25) is 15.9 Å². The van der Waals surface area contributed by atoms with E-state index >= 15 is 0 Å². The fourth-order valence-electron chi connectivity index (χ4n) is 3.81. The number of amides is 1. The van der Waals surface area contributed by atoms with E-state index in [-0.39, 0.29) is 47.7 Å². The molecule has 2 heterocycles. The van der Waals surface area contributed by atoms with Crippen LogP contribution in [-0.4, -0.2) is 47.5 Å². The molecular formula is C24H23ClF2N4O6S. The zero-order valence-corrected chi connectivity index (χ0v) is 22.1. The Morgan fingerprint density at radius 2 is 1.89 bits per heavy atom. The molecule has 1 aliphatic rings. The number of aliphatic hydroxyl groups is 1. The van der Waals surface area contributed by atoms with Gasteiger partial charge in [0.25, 0.3) is 11.5 Å². The number of carbonyl (C=O) groups is 1. The molecule has 1 aromatic heterocycles. The number of halogens is 3. The van der Waals surface area contributed by atoms with E-state index < -0.39 is 38.7 Å². The molecule has 10 nitrogen and oxygen atoms in total. The van der Waals surface area contributed by atoms with Crippen LogP contribution in [0.25, 0.3) is 0 Å². The Kier molecular flexibility index (Phi) is 7.21. The largest absolute Gasteiger partial charge is 0.471 e. The molecule has 3 aromatic rings. The zero-order chi connectivity index (χ0) is 28.0. The molecule has 14 heteroatoms. The van der Waals surface area contributed by atoms with Crippen LogP contribution in [-0.2, 0) is 28.0 Å². The highest BCUT2D eigenvalue weighted by atomic mass is 35.5. The van der Waals surface area contributed by atoms with Gasteiger partial charge in [0.05, 0.1) is 24.2 Å². The molecule has 0 aliphatic carbocycles. The van der Waals surface area contributed by atoms with E-state index in [2.05, 4.69) is 4.98 Å². The average molecular weight is 569 g/mol. The number of rotatable bonds is 7. The SMILES string of the molecule is CC(C)(O)C(=O)N1CN(S(C)(=O)=O)c2ccc(Cn3cnc(OCc4ccc(F)cc4F)c(Cl)c3=O)cc21. The number of benzene rings is 2. The van der Waals surface area contributed by atoms with Crippen molar-refractivity contribution in [3.8, 4) is 5.88 Å². The van der Waals surface area contributed by atoms with Crippen molar-refractivity contribution in [1.82, 2.24) is 9.55 Å². The molecule has 0 unspecified atom stereocenters. The molecule has 0 saturated carbocycles. The number of fused-ring (bicyclic) bond motifs is 1. The van der Waals surface area contributed by atoms with Crippen molar-refractivity contribution < 1.29 is 31.8 Å². The molecule has 0 fully saturated rings. The van der Waals surface area contributed by atoms with Crippen LogP contribution in [0.3, 0.4) is 0 Å². The average Bonchev–Trinajstić information content (AvgIpc) is 3.21. The highest BCUT2D eigenvalue weighted by molar-refractivity contribution is 7.92. The molecule has 0 radical (unpaired) electrons. The minimum atomic E-state index is -3.73. The summed E-state index contributed by atoms with van der Waals surface area (Å²) in [4.78, 5) is 30.8. The Hall–Kier alpha value is -3.55. The second-order valence-corrected chi connectivity index (χ2v) is 11.5. The number of aromatic nitrogens is 2. The number of nitrogens with zero attached hydrogens (tertiary/aromatic N) is 4. The van der Waals surface area contributed by atoms with E-state index in [9.17, 15) is 31.9 Å². The van der Waals surface area contributed by atoms with Gasteiger partial charge in [-0.25, -0.2) is 26.5 Å². The van der Waals surface area contributed by atoms with Crippen LogP contribution in [0.1, 0.15) is 25.0 Å². The summed E-state index contributed by atoms with van der Waals surface area (Å²) in [6, 6.07) is 7.58.